The van der Waals surface area contributed by atoms with Crippen LogP contribution in [-0.2, 0) is 6.54 Å². The number of aromatic hydroxyl groups is 1. The van der Waals surface area contributed by atoms with Crippen LogP contribution in [0.1, 0.15) is 17.3 Å². The van der Waals surface area contributed by atoms with Gasteiger partial charge in [0.2, 0.25) is 5.88 Å². The van der Waals surface area contributed by atoms with E-state index in [0.717, 1.165) is 0 Å². The lowest BCUT2D eigenvalue weighted by molar-refractivity contribution is 0.101. The second-order valence-electron chi connectivity index (χ2n) is 2.41. The van der Waals surface area contributed by atoms with Crippen molar-refractivity contribution in [2.24, 2.45) is 0 Å². The van der Waals surface area contributed by atoms with Crippen LogP contribution in [0.2, 0.25) is 0 Å². The van der Waals surface area contributed by atoms with Crippen LogP contribution < -0.4 is 0 Å². The fourth-order valence-corrected chi connectivity index (χ4v) is 0.883. The van der Waals surface area contributed by atoms with Gasteiger partial charge >= 0.3 is 0 Å². The maximum Gasteiger partial charge on any atom is 0.220 e. The zero-order valence-corrected chi connectivity index (χ0v) is 6.82. The Kier molecular flexibility index (Phi) is 2.28. The maximum atomic E-state index is 10.8. The summed E-state index contributed by atoms with van der Waals surface area (Å²) < 4.78 is 1.31. The van der Waals surface area contributed by atoms with Gasteiger partial charge in [0.15, 0.2) is 5.78 Å². The van der Waals surface area contributed by atoms with E-state index in [2.05, 4.69) is 11.7 Å². The average Bonchev–Trinajstić information content (AvgIpc) is 2.34. The van der Waals surface area contributed by atoms with E-state index in [1.165, 1.54) is 17.8 Å². The van der Waals surface area contributed by atoms with Crippen LogP contribution in [-0.4, -0.2) is 20.7 Å². The van der Waals surface area contributed by atoms with Gasteiger partial charge in [-0.05, 0) is 6.92 Å². The maximum absolute atomic E-state index is 10.8. The van der Waals surface area contributed by atoms with Crippen LogP contribution in [0.4, 0.5) is 0 Å². The van der Waals surface area contributed by atoms with Crippen LogP contribution in [0, 0.1) is 0 Å². The summed E-state index contributed by atoms with van der Waals surface area (Å²) >= 11 is 0. The Morgan fingerprint density at radius 2 is 2.58 bits per heavy atom. The molecule has 12 heavy (non-hydrogen) atoms. The SMILES string of the molecule is C=CCn1ncc(C(C)=O)c1O. The molecule has 1 aromatic rings. The molecular formula is C8H10N2O2. The molecule has 1 aromatic heterocycles. The Labute approximate surface area is 70.1 Å². The summed E-state index contributed by atoms with van der Waals surface area (Å²) in [4.78, 5) is 10.8. The third-order valence-electron chi connectivity index (χ3n) is 1.49. The topological polar surface area (TPSA) is 55.1 Å². The van der Waals surface area contributed by atoms with Gasteiger partial charge in [-0.3, -0.25) is 4.79 Å². The first-order valence-electron chi connectivity index (χ1n) is 3.53. The summed E-state index contributed by atoms with van der Waals surface area (Å²) in [6.07, 6.45) is 2.94. The zero-order valence-electron chi connectivity index (χ0n) is 6.82. The van der Waals surface area contributed by atoms with Crippen molar-refractivity contribution in [2.75, 3.05) is 0 Å². The summed E-state index contributed by atoms with van der Waals surface area (Å²) in [6.45, 7) is 5.28. The highest BCUT2D eigenvalue weighted by Crippen LogP contribution is 2.16. The molecule has 4 nitrogen and oxygen atoms in total. The van der Waals surface area contributed by atoms with Crippen LogP contribution in [0.5, 0.6) is 5.88 Å². The largest absolute Gasteiger partial charge is 0.493 e. The van der Waals surface area contributed by atoms with E-state index in [9.17, 15) is 9.90 Å². The second kappa shape index (κ2) is 3.21. The number of allylic oxidation sites excluding steroid dienone is 1. The van der Waals surface area contributed by atoms with Crippen molar-refractivity contribution in [1.29, 1.82) is 0 Å². The van der Waals surface area contributed by atoms with Crippen LogP contribution in [0.15, 0.2) is 18.9 Å². The van der Waals surface area contributed by atoms with Crippen LogP contribution >= 0.6 is 0 Å². The van der Waals surface area contributed by atoms with Crippen molar-refractivity contribution in [3.8, 4) is 5.88 Å². The summed E-state index contributed by atoms with van der Waals surface area (Å²) in [5.74, 6) is -0.287. The number of carbonyl (C=O) groups excluding carboxylic acids is 1. The lowest BCUT2D eigenvalue weighted by atomic mass is 10.2. The molecule has 1 heterocycles. The zero-order chi connectivity index (χ0) is 9.14. The fraction of sp³-hybridized carbons (Fsp3) is 0.250. The predicted molar refractivity (Wildman–Crippen MR) is 44.1 cm³/mol. The molecule has 0 aliphatic carbocycles. The molecule has 4 heteroatoms. The molecule has 0 amide bonds. The molecule has 0 saturated heterocycles. The van der Waals surface area contributed by atoms with Crippen molar-refractivity contribution >= 4 is 5.78 Å². The summed E-state index contributed by atoms with van der Waals surface area (Å²) in [6, 6.07) is 0. The van der Waals surface area contributed by atoms with E-state index in [1.807, 2.05) is 0 Å². The Morgan fingerprint density at radius 1 is 1.92 bits per heavy atom. The molecule has 0 bridgehead atoms. The monoisotopic (exact) mass is 166 g/mol. The quantitative estimate of drug-likeness (QED) is 0.538. The first kappa shape index (κ1) is 8.52. The highest BCUT2D eigenvalue weighted by atomic mass is 16.3. The Bertz CT molecular complexity index is 315. The molecule has 0 aliphatic rings. The molecule has 0 saturated carbocycles. The molecule has 1 rings (SSSR count). The Morgan fingerprint density at radius 3 is 3.00 bits per heavy atom. The summed E-state index contributed by atoms with van der Waals surface area (Å²) in [7, 11) is 0. The number of nitrogens with zero attached hydrogens (tertiary/aromatic N) is 2. The number of aromatic nitrogens is 2. The molecule has 0 unspecified atom stereocenters. The van der Waals surface area contributed by atoms with Gasteiger partial charge in [0.1, 0.15) is 0 Å². The van der Waals surface area contributed by atoms with E-state index in [4.69, 9.17) is 0 Å². The van der Waals surface area contributed by atoms with E-state index >= 15 is 0 Å². The number of carbonyl (C=O) groups is 1. The van der Waals surface area contributed by atoms with Gasteiger partial charge in [-0.1, -0.05) is 6.08 Å². The van der Waals surface area contributed by atoms with Crippen molar-refractivity contribution < 1.29 is 9.90 Å². The molecule has 0 spiro atoms. The van der Waals surface area contributed by atoms with Gasteiger partial charge in [-0.25, -0.2) is 4.68 Å². The second-order valence-corrected chi connectivity index (χ2v) is 2.41. The minimum atomic E-state index is -0.192. The number of Topliss-reactive ketones (excluding diaryl/α,β-unsaturated/α-hetero) is 1. The van der Waals surface area contributed by atoms with E-state index in [1.54, 1.807) is 6.08 Å². The highest BCUT2D eigenvalue weighted by Gasteiger charge is 2.11. The number of rotatable bonds is 3. The van der Waals surface area contributed by atoms with E-state index in [-0.39, 0.29) is 17.2 Å². The number of hydrogen-bond acceptors (Lipinski definition) is 3. The van der Waals surface area contributed by atoms with Crippen molar-refractivity contribution in [3.63, 3.8) is 0 Å². The molecule has 0 radical (unpaired) electrons. The Hall–Kier alpha value is -1.58. The Balaban J connectivity index is 3.03. The van der Waals surface area contributed by atoms with E-state index in [0.29, 0.717) is 6.54 Å². The first-order valence-corrected chi connectivity index (χ1v) is 3.53. The van der Waals surface area contributed by atoms with Gasteiger partial charge in [-0.15, -0.1) is 6.58 Å². The van der Waals surface area contributed by atoms with Gasteiger partial charge < -0.3 is 5.11 Å². The normalized spacial score (nSPS) is 9.75. The minimum Gasteiger partial charge on any atom is -0.493 e. The van der Waals surface area contributed by atoms with Crippen LogP contribution in [0.3, 0.4) is 0 Å². The molecule has 0 aromatic carbocycles. The van der Waals surface area contributed by atoms with Gasteiger partial charge in [-0.2, -0.15) is 5.10 Å². The predicted octanol–water partition coefficient (Wildman–Crippen LogP) is 0.977. The van der Waals surface area contributed by atoms with Gasteiger partial charge in [0, 0.05) is 0 Å². The van der Waals surface area contributed by atoms with E-state index < -0.39 is 0 Å². The molecule has 1 N–H and O–H groups in total. The third kappa shape index (κ3) is 1.37. The number of ketones is 1. The van der Waals surface area contributed by atoms with Crippen molar-refractivity contribution in [3.05, 3.63) is 24.4 Å². The van der Waals surface area contributed by atoms with Gasteiger partial charge in [0.25, 0.3) is 0 Å². The molecule has 0 atom stereocenters. The first-order chi connectivity index (χ1) is 5.66. The summed E-state index contributed by atoms with van der Waals surface area (Å²) in [5.41, 5.74) is 0.247. The molecule has 0 aliphatic heterocycles. The van der Waals surface area contributed by atoms with Crippen LogP contribution in [0.25, 0.3) is 0 Å². The van der Waals surface area contributed by atoms with Crippen molar-refractivity contribution in [1.82, 2.24) is 9.78 Å². The minimum absolute atomic E-state index is 0.0950. The lowest BCUT2D eigenvalue weighted by Crippen LogP contribution is -1.97. The molecular weight excluding hydrogens is 156 g/mol. The fourth-order valence-electron chi connectivity index (χ4n) is 0.883. The molecule has 0 fully saturated rings. The highest BCUT2D eigenvalue weighted by molar-refractivity contribution is 5.95. The number of hydrogen-bond donors (Lipinski definition) is 1. The summed E-state index contributed by atoms with van der Waals surface area (Å²) in [5, 5.41) is 13.2. The smallest absolute Gasteiger partial charge is 0.220 e. The van der Waals surface area contributed by atoms with Crippen molar-refractivity contribution in [2.45, 2.75) is 13.5 Å². The lowest BCUT2D eigenvalue weighted by Gasteiger charge is -1.97. The standard InChI is InChI=1S/C8H10N2O2/c1-3-4-10-8(12)7(5-9-10)6(2)11/h3,5,12H,1,4H2,2H3. The van der Waals surface area contributed by atoms with Gasteiger partial charge in [0.05, 0.1) is 18.3 Å². The average molecular weight is 166 g/mol. The third-order valence-corrected chi connectivity index (χ3v) is 1.49. The molecule has 64 valence electrons.